The number of ether oxygens (including phenoxy) is 1. The highest BCUT2D eigenvalue weighted by atomic mass is 16.6. The van der Waals surface area contributed by atoms with E-state index in [0.29, 0.717) is 18.0 Å². The lowest BCUT2D eigenvalue weighted by Crippen LogP contribution is -2.38. The van der Waals surface area contributed by atoms with E-state index in [9.17, 15) is 10.1 Å². The number of carbonyl (C=O) groups is 1. The molecular formula is C18H25N3O2. The van der Waals surface area contributed by atoms with Gasteiger partial charge in [-0.25, -0.2) is 4.79 Å². The highest BCUT2D eigenvalue weighted by molar-refractivity contribution is 5.67. The molecule has 0 saturated heterocycles. The number of nitriles is 1. The van der Waals surface area contributed by atoms with Crippen molar-refractivity contribution in [2.45, 2.75) is 51.7 Å². The highest BCUT2D eigenvalue weighted by Crippen LogP contribution is 2.29. The van der Waals surface area contributed by atoms with E-state index in [-0.39, 0.29) is 12.1 Å². The summed E-state index contributed by atoms with van der Waals surface area (Å²) in [4.78, 5) is 11.8. The van der Waals surface area contributed by atoms with Gasteiger partial charge in [-0.2, -0.15) is 5.26 Å². The maximum Gasteiger partial charge on any atom is 0.407 e. The van der Waals surface area contributed by atoms with Crippen molar-refractivity contribution < 1.29 is 9.53 Å². The first-order valence-electron chi connectivity index (χ1n) is 8.11. The van der Waals surface area contributed by atoms with Gasteiger partial charge < -0.3 is 15.4 Å². The van der Waals surface area contributed by atoms with Crippen LogP contribution in [0.4, 0.5) is 10.5 Å². The SMILES string of the molecule is CC(C)(C)OC(=O)NCC1CCCC1Nc1ccccc1C#N. The molecule has 124 valence electrons. The third-order valence-corrected chi connectivity index (χ3v) is 3.95. The molecule has 1 amide bonds. The highest BCUT2D eigenvalue weighted by Gasteiger charge is 2.28. The zero-order chi connectivity index (χ0) is 16.9. The Balaban J connectivity index is 1.91. The molecule has 0 aliphatic heterocycles. The minimum absolute atomic E-state index is 0.263. The van der Waals surface area contributed by atoms with Crippen LogP contribution < -0.4 is 10.6 Å². The summed E-state index contributed by atoms with van der Waals surface area (Å²) in [6.07, 6.45) is 2.84. The minimum atomic E-state index is -0.483. The van der Waals surface area contributed by atoms with Crippen molar-refractivity contribution in [3.05, 3.63) is 29.8 Å². The molecule has 1 aromatic carbocycles. The summed E-state index contributed by atoms with van der Waals surface area (Å²) in [5.74, 6) is 0.342. The molecule has 0 aromatic heterocycles. The molecule has 5 nitrogen and oxygen atoms in total. The molecule has 1 aliphatic rings. The Bertz CT molecular complexity index is 587. The summed E-state index contributed by atoms with van der Waals surface area (Å²) >= 11 is 0. The quantitative estimate of drug-likeness (QED) is 0.889. The summed E-state index contributed by atoms with van der Waals surface area (Å²) in [6, 6.07) is 9.99. The summed E-state index contributed by atoms with van der Waals surface area (Å²) in [7, 11) is 0. The van der Waals surface area contributed by atoms with E-state index in [1.54, 1.807) is 0 Å². The van der Waals surface area contributed by atoms with Gasteiger partial charge in [-0.1, -0.05) is 18.6 Å². The zero-order valence-corrected chi connectivity index (χ0v) is 14.1. The van der Waals surface area contributed by atoms with Crippen LogP contribution in [0, 0.1) is 17.2 Å². The van der Waals surface area contributed by atoms with E-state index in [0.717, 1.165) is 24.9 Å². The van der Waals surface area contributed by atoms with Crippen LogP contribution >= 0.6 is 0 Å². The Hall–Kier alpha value is -2.22. The first-order valence-corrected chi connectivity index (χ1v) is 8.11. The van der Waals surface area contributed by atoms with Gasteiger partial charge in [0.1, 0.15) is 11.7 Å². The Morgan fingerprint density at radius 3 is 2.78 bits per heavy atom. The van der Waals surface area contributed by atoms with Crippen molar-refractivity contribution in [1.82, 2.24) is 5.32 Å². The smallest absolute Gasteiger partial charge is 0.407 e. The normalized spacial score (nSPS) is 20.6. The Kier molecular flexibility index (Phi) is 5.49. The van der Waals surface area contributed by atoms with Gasteiger partial charge in [0.25, 0.3) is 0 Å². The third kappa shape index (κ3) is 5.17. The number of rotatable bonds is 4. The number of nitrogens with one attached hydrogen (secondary N) is 2. The number of anilines is 1. The second-order valence-electron chi connectivity index (χ2n) is 6.98. The molecule has 1 saturated carbocycles. The van der Waals surface area contributed by atoms with Gasteiger partial charge in [-0.05, 0) is 51.7 Å². The van der Waals surface area contributed by atoms with Gasteiger partial charge in [-0.15, -0.1) is 0 Å². The van der Waals surface area contributed by atoms with Crippen molar-refractivity contribution in [2.24, 2.45) is 5.92 Å². The molecule has 0 spiro atoms. The van der Waals surface area contributed by atoms with Crippen LogP contribution in [0.1, 0.15) is 45.6 Å². The number of hydrogen-bond acceptors (Lipinski definition) is 4. The average Bonchev–Trinajstić information content (AvgIpc) is 2.91. The molecule has 23 heavy (non-hydrogen) atoms. The van der Waals surface area contributed by atoms with Crippen molar-refractivity contribution in [1.29, 1.82) is 5.26 Å². The molecule has 1 aliphatic carbocycles. The maximum atomic E-state index is 11.8. The fraction of sp³-hybridized carbons (Fsp3) is 0.556. The minimum Gasteiger partial charge on any atom is -0.444 e. The molecule has 1 aromatic rings. The molecule has 2 rings (SSSR count). The fourth-order valence-corrected chi connectivity index (χ4v) is 2.91. The van der Waals surface area contributed by atoms with E-state index in [1.807, 2.05) is 45.0 Å². The number of alkyl carbamates (subject to hydrolysis) is 1. The van der Waals surface area contributed by atoms with Gasteiger partial charge in [-0.3, -0.25) is 0 Å². The molecule has 2 atom stereocenters. The largest absolute Gasteiger partial charge is 0.444 e. The Morgan fingerprint density at radius 1 is 1.35 bits per heavy atom. The van der Waals surface area contributed by atoms with E-state index in [4.69, 9.17) is 4.74 Å². The first-order chi connectivity index (χ1) is 10.9. The lowest BCUT2D eigenvalue weighted by Gasteiger charge is -2.24. The number of para-hydroxylation sites is 1. The van der Waals surface area contributed by atoms with Gasteiger partial charge in [0.15, 0.2) is 0 Å². The molecule has 1 fully saturated rings. The summed E-state index contributed by atoms with van der Waals surface area (Å²) < 4.78 is 5.27. The number of nitrogens with zero attached hydrogens (tertiary/aromatic N) is 1. The number of amides is 1. The summed E-state index contributed by atoms with van der Waals surface area (Å²) in [5.41, 5.74) is 1.03. The van der Waals surface area contributed by atoms with Crippen LogP contribution in [0.2, 0.25) is 0 Å². The van der Waals surface area contributed by atoms with Gasteiger partial charge in [0.2, 0.25) is 0 Å². The molecule has 5 heteroatoms. The topological polar surface area (TPSA) is 74.2 Å². The molecule has 0 radical (unpaired) electrons. The maximum absolute atomic E-state index is 11.8. The average molecular weight is 315 g/mol. The molecule has 2 unspecified atom stereocenters. The Morgan fingerprint density at radius 2 is 2.09 bits per heavy atom. The van der Waals surface area contributed by atoms with Crippen LogP contribution in [0.5, 0.6) is 0 Å². The van der Waals surface area contributed by atoms with Crippen molar-refractivity contribution in [2.75, 3.05) is 11.9 Å². The van der Waals surface area contributed by atoms with E-state index >= 15 is 0 Å². The molecule has 2 N–H and O–H groups in total. The number of benzene rings is 1. The van der Waals surface area contributed by atoms with Crippen LogP contribution in [-0.2, 0) is 4.74 Å². The van der Waals surface area contributed by atoms with Crippen molar-refractivity contribution in [3.8, 4) is 6.07 Å². The van der Waals surface area contributed by atoms with E-state index in [2.05, 4.69) is 16.7 Å². The summed E-state index contributed by atoms with van der Waals surface area (Å²) in [5, 5.41) is 15.5. The number of hydrogen-bond donors (Lipinski definition) is 2. The lowest BCUT2D eigenvalue weighted by atomic mass is 10.0. The monoisotopic (exact) mass is 315 g/mol. The van der Waals surface area contributed by atoms with Crippen LogP contribution in [-0.4, -0.2) is 24.3 Å². The number of carbonyl (C=O) groups excluding carboxylic acids is 1. The van der Waals surface area contributed by atoms with Crippen molar-refractivity contribution >= 4 is 11.8 Å². The van der Waals surface area contributed by atoms with E-state index < -0.39 is 5.60 Å². The first kappa shape index (κ1) is 17.1. The molecule has 0 heterocycles. The van der Waals surface area contributed by atoms with Gasteiger partial charge in [0.05, 0.1) is 11.3 Å². The van der Waals surface area contributed by atoms with Crippen molar-refractivity contribution in [3.63, 3.8) is 0 Å². The second-order valence-corrected chi connectivity index (χ2v) is 6.98. The molecular weight excluding hydrogens is 290 g/mol. The second kappa shape index (κ2) is 7.36. The van der Waals surface area contributed by atoms with Gasteiger partial charge >= 0.3 is 6.09 Å². The molecule has 0 bridgehead atoms. The standard InChI is InChI=1S/C18H25N3O2/c1-18(2,3)23-17(22)20-12-14-8-6-10-16(14)21-15-9-5-4-7-13(15)11-19/h4-5,7,9,14,16,21H,6,8,10,12H2,1-3H3,(H,20,22). The Labute approximate surface area is 138 Å². The summed E-state index contributed by atoms with van der Waals surface area (Å²) in [6.45, 7) is 6.14. The van der Waals surface area contributed by atoms with Crippen LogP contribution in [0.3, 0.4) is 0 Å². The lowest BCUT2D eigenvalue weighted by molar-refractivity contribution is 0.0519. The third-order valence-electron chi connectivity index (χ3n) is 3.95. The van der Waals surface area contributed by atoms with Crippen LogP contribution in [0.15, 0.2) is 24.3 Å². The fourth-order valence-electron chi connectivity index (χ4n) is 2.91. The predicted molar refractivity (Wildman–Crippen MR) is 90.1 cm³/mol. The zero-order valence-electron chi connectivity index (χ0n) is 14.1. The van der Waals surface area contributed by atoms with E-state index in [1.165, 1.54) is 0 Å². The predicted octanol–water partition coefficient (Wildman–Crippen LogP) is 3.66. The van der Waals surface area contributed by atoms with Gasteiger partial charge in [0, 0.05) is 12.6 Å². The van der Waals surface area contributed by atoms with Crippen LogP contribution in [0.25, 0.3) is 0 Å².